The van der Waals surface area contributed by atoms with Crippen molar-refractivity contribution in [2.75, 3.05) is 0 Å². The minimum atomic E-state index is -0.402. The summed E-state index contributed by atoms with van der Waals surface area (Å²) in [4.78, 5) is 17.0. The molecule has 0 aliphatic carbocycles. The Labute approximate surface area is 161 Å². The number of benzene rings is 2. The quantitative estimate of drug-likeness (QED) is 0.734. The van der Waals surface area contributed by atoms with Crippen LogP contribution in [0, 0.1) is 0 Å². The highest BCUT2D eigenvalue weighted by Gasteiger charge is 2.35. The van der Waals surface area contributed by atoms with Crippen LogP contribution in [0.25, 0.3) is 0 Å². The lowest BCUT2D eigenvalue weighted by molar-refractivity contribution is 0.0709. The smallest absolute Gasteiger partial charge is 0.274 e. The molecule has 1 aromatic heterocycles. The zero-order valence-corrected chi connectivity index (χ0v) is 15.0. The van der Waals surface area contributed by atoms with Crippen molar-refractivity contribution >= 4 is 23.2 Å². The Hall–Kier alpha value is -3.18. The maximum absolute atomic E-state index is 13.1. The molecule has 1 amide bonds. The summed E-state index contributed by atoms with van der Waals surface area (Å²) in [6.07, 6.45) is 3.62. The second-order valence-corrected chi connectivity index (χ2v) is 6.66. The fraction of sp³-hybridized carbons (Fsp3) is 0.0952. The molecule has 5 nitrogen and oxygen atoms in total. The summed E-state index contributed by atoms with van der Waals surface area (Å²) >= 11 is 6.11. The van der Waals surface area contributed by atoms with Crippen LogP contribution in [0.15, 0.2) is 78.2 Å². The maximum Gasteiger partial charge on any atom is 0.274 e. The largest absolute Gasteiger partial charge is 0.508 e. The van der Waals surface area contributed by atoms with Gasteiger partial charge in [0, 0.05) is 35.0 Å². The maximum atomic E-state index is 13.1. The number of aromatic nitrogens is 1. The molecule has 0 spiro atoms. The molecule has 1 aliphatic rings. The topological polar surface area (TPSA) is 65.8 Å². The number of phenolic OH excluding ortho intramolecular Hbond substituents is 1. The van der Waals surface area contributed by atoms with Gasteiger partial charge in [-0.15, -0.1) is 0 Å². The Kier molecular flexibility index (Phi) is 4.60. The second-order valence-electron chi connectivity index (χ2n) is 6.22. The zero-order chi connectivity index (χ0) is 18.8. The first-order valence-electron chi connectivity index (χ1n) is 8.48. The van der Waals surface area contributed by atoms with Crippen LogP contribution in [0.4, 0.5) is 0 Å². The van der Waals surface area contributed by atoms with Crippen LogP contribution in [0.2, 0.25) is 5.02 Å². The molecule has 0 bridgehead atoms. The van der Waals surface area contributed by atoms with Gasteiger partial charge in [-0.25, -0.2) is 5.01 Å². The van der Waals surface area contributed by atoms with Crippen LogP contribution in [-0.2, 0) is 0 Å². The Bertz CT molecular complexity index is 1020. The predicted octanol–water partition coefficient (Wildman–Crippen LogP) is 4.43. The minimum Gasteiger partial charge on any atom is -0.508 e. The van der Waals surface area contributed by atoms with E-state index in [0.29, 0.717) is 22.6 Å². The number of hydrogen-bond donors (Lipinski definition) is 1. The average molecular weight is 378 g/mol. The van der Waals surface area contributed by atoms with Gasteiger partial charge in [-0.05, 0) is 35.9 Å². The molecule has 1 unspecified atom stereocenters. The van der Waals surface area contributed by atoms with E-state index in [1.54, 1.807) is 42.7 Å². The number of carbonyl (C=O) groups is 1. The third-order valence-corrected chi connectivity index (χ3v) is 4.73. The molecule has 2 heterocycles. The first kappa shape index (κ1) is 17.2. The van der Waals surface area contributed by atoms with Crippen molar-refractivity contribution < 1.29 is 9.90 Å². The van der Waals surface area contributed by atoms with E-state index in [4.69, 9.17) is 11.6 Å². The number of nitrogens with zero attached hydrogens (tertiary/aromatic N) is 3. The van der Waals surface area contributed by atoms with E-state index in [9.17, 15) is 9.90 Å². The van der Waals surface area contributed by atoms with Crippen LogP contribution in [0.1, 0.15) is 33.9 Å². The van der Waals surface area contributed by atoms with Gasteiger partial charge < -0.3 is 5.11 Å². The average Bonchev–Trinajstić information content (AvgIpc) is 3.13. The summed E-state index contributed by atoms with van der Waals surface area (Å²) < 4.78 is 0. The van der Waals surface area contributed by atoms with Gasteiger partial charge in [-0.3, -0.25) is 9.78 Å². The summed E-state index contributed by atoms with van der Waals surface area (Å²) in [5.41, 5.74) is 2.74. The van der Waals surface area contributed by atoms with Gasteiger partial charge in [0.25, 0.3) is 5.91 Å². The third-order valence-electron chi connectivity index (χ3n) is 4.50. The highest BCUT2D eigenvalue weighted by molar-refractivity contribution is 6.31. The molecule has 4 rings (SSSR count). The highest BCUT2D eigenvalue weighted by atomic mass is 35.5. The molecular weight excluding hydrogens is 362 g/mol. The minimum absolute atomic E-state index is 0.137. The molecule has 6 heteroatoms. The number of carbonyl (C=O) groups excluding carboxylic acids is 1. The van der Waals surface area contributed by atoms with E-state index in [1.165, 1.54) is 5.01 Å². The fourth-order valence-electron chi connectivity index (χ4n) is 3.18. The first-order valence-corrected chi connectivity index (χ1v) is 8.86. The highest BCUT2D eigenvalue weighted by Crippen LogP contribution is 2.37. The van der Waals surface area contributed by atoms with E-state index >= 15 is 0 Å². The van der Waals surface area contributed by atoms with Gasteiger partial charge in [0.1, 0.15) is 5.75 Å². The van der Waals surface area contributed by atoms with E-state index < -0.39 is 6.04 Å². The van der Waals surface area contributed by atoms with Crippen LogP contribution >= 0.6 is 11.6 Å². The lowest BCUT2D eigenvalue weighted by Crippen LogP contribution is -2.27. The lowest BCUT2D eigenvalue weighted by Gasteiger charge is -2.22. The number of phenols is 1. The second kappa shape index (κ2) is 7.21. The Morgan fingerprint density at radius 1 is 1.07 bits per heavy atom. The molecule has 0 saturated carbocycles. The first-order chi connectivity index (χ1) is 13.1. The van der Waals surface area contributed by atoms with Gasteiger partial charge >= 0.3 is 0 Å². The standard InChI is InChI=1S/C21H16ClN3O2/c22-16-5-3-4-15(12-16)18-13-19(17-6-1-2-7-20(17)26)25(24-18)21(27)14-8-10-23-11-9-14/h1-12,19,26H,13H2. The predicted molar refractivity (Wildman–Crippen MR) is 104 cm³/mol. The van der Waals surface area contributed by atoms with Gasteiger partial charge in [0.15, 0.2) is 0 Å². The molecule has 0 fully saturated rings. The molecule has 27 heavy (non-hydrogen) atoms. The molecule has 1 N–H and O–H groups in total. The van der Waals surface area contributed by atoms with E-state index in [0.717, 1.165) is 11.3 Å². The molecule has 134 valence electrons. The van der Waals surface area contributed by atoms with E-state index in [1.807, 2.05) is 30.3 Å². The van der Waals surface area contributed by atoms with Gasteiger partial charge in [0.05, 0.1) is 11.8 Å². The van der Waals surface area contributed by atoms with Crippen molar-refractivity contribution in [2.45, 2.75) is 12.5 Å². The lowest BCUT2D eigenvalue weighted by atomic mass is 9.97. The molecule has 3 aromatic rings. The molecule has 1 aliphatic heterocycles. The Morgan fingerprint density at radius 3 is 2.59 bits per heavy atom. The van der Waals surface area contributed by atoms with Crippen molar-refractivity contribution in [3.8, 4) is 5.75 Å². The Morgan fingerprint density at radius 2 is 1.85 bits per heavy atom. The van der Waals surface area contributed by atoms with Gasteiger partial charge in [-0.1, -0.05) is 41.9 Å². The van der Waals surface area contributed by atoms with Crippen molar-refractivity contribution in [3.63, 3.8) is 0 Å². The fourth-order valence-corrected chi connectivity index (χ4v) is 3.37. The number of aromatic hydroxyl groups is 1. The zero-order valence-electron chi connectivity index (χ0n) is 14.3. The number of rotatable bonds is 3. The number of amides is 1. The van der Waals surface area contributed by atoms with E-state index in [-0.39, 0.29) is 11.7 Å². The summed E-state index contributed by atoms with van der Waals surface area (Å²) in [6, 6.07) is 17.3. The van der Waals surface area contributed by atoms with Crippen molar-refractivity contribution in [1.29, 1.82) is 0 Å². The Balaban J connectivity index is 1.77. The van der Waals surface area contributed by atoms with Crippen LogP contribution in [0.5, 0.6) is 5.75 Å². The summed E-state index contributed by atoms with van der Waals surface area (Å²) in [7, 11) is 0. The monoisotopic (exact) mass is 377 g/mol. The van der Waals surface area contributed by atoms with Crippen molar-refractivity contribution in [3.05, 3.63) is 94.8 Å². The van der Waals surface area contributed by atoms with Gasteiger partial charge in [-0.2, -0.15) is 5.10 Å². The molecular formula is C21H16ClN3O2. The van der Waals surface area contributed by atoms with E-state index in [2.05, 4.69) is 10.1 Å². The number of pyridine rings is 1. The number of hydrazone groups is 1. The molecule has 2 aromatic carbocycles. The normalized spacial score (nSPS) is 16.3. The number of hydrogen-bond acceptors (Lipinski definition) is 4. The molecule has 0 saturated heterocycles. The van der Waals surface area contributed by atoms with Crippen molar-refractivity contribution in [2.24, 2.45) is 5.10 Å². The summed E-state index contributed by atoms with van der Waals surface area (Å²) in [5, 5.41) is 16.9. The summed E-state index contributed by atoms with van der Waals surface area (Å²) in [5.74, 6) is -0.111. The third kappa shape index (κ3) is 3.41. The van der Waals surface area contributed by atoms with Crippen LogP contribution in [-0.4, -0.2) is 26.7 Å². The molecule has 1 atom stereocenters. The SMILES string of the molecule is O=C(c1ccncc1)N1N=C(c2cccc(Cl)c2)CC1c1ccccc1O. The van der Waals surface area contributed by atoms with Crippen molar-refractivity contribution in [1.82, 2.24) is 9.99 Å². The van der Waals surface area contributed by atoms with Gasteiger partial charge in [0.2, 0.25) is 0 Å². The molecule has 0 radical (unpaired) electrons. The van der Waals surface area contributed by atoms with Crippen LogP contribution in [0.3, 0.4) is 0 Å². The van der Waals surface area contributed by atoms with Crippen LogP contribution < -0.4 is 0 Å². The summed E-state index contributed by atoms with van der Waals surface area (Å²) in [6.45, 7) is 0. The number of para-hydroxylation sites is 1. The number of halogens is 1.